The minimum atomic E-state index is -1.98. The third kappa shape index (κ3) is 37.8. The summed E-state index contributed by atoms with van der Waals surface area (Å²) in [5.41, 5.74) is 0. The molecule has 3 aliphatic heterocycles. The van der Waals surface area contributed by atoms with Crippen molar-refractivity contribution in [3.63, 3.8) is 0 Å². The van der Waals surface area contributed by atoms with Crippen LogP contribution in [0, 0.1) is 0 Å². The normalized spacial score (nSPS) is 27.4. The van der Waals surface area contributed by atoms with Gasteiger partial charge in [0.25, 0.3) is 0 Å². The summed E-state index contributed by atoms with van der Waals surface area (Å²) in [6.07, 6.45) is 39.1. The number of amides is 1. The third-order valence-corrected chi connectivity index (χ3v) is 19.8. The number of allylic oxidation sites excluding steroid dienone is 1. The molecule has 17 unspecified atom stereocenters. The predicted molar refractivity (Wildman–Crippen MR) is 370 cm³/mol. The van der Waals surface area contributed by atoms with Gasteiger partial charge in [-0.05, 0) is 19.3 Å². The molecule has 3 rings (SSSR count). The highest BCUT2D eigenvalue weighted by molar-refractivity contribution is 5.76. The van der Waals surface area contributed by atoms with Gasteiger partial charge in [0.05, 0.1) is 38.6 Å². The van der Waals surface area contributed by atoms with Crippen molar-refractivity contribution in [1.29, 1.82) is 0 Å². The first kappa shape index (κ1) is 86.8. The lowest BCUT2D eigenvalue weighted by molar-refractivity contribution is -0.379. The second kappa shape index (κ2) is 57.2. The van der Waals surface area contributed by atoms with Crippen molar-refractivity contribution in [2.24, 2.45) is 0 Å². The monoisotopic (exact) mass is 1350 g/mol. The Morgan fingerprint density at radius 1 is 0.372 bits per heavy atom. The van der Waals surface area contributed by atoms with Gasteiger partial charge in [-0.15, -0.1) is 0 Å². The van der Waals surface area contributed by atoms with Gasteiger partial charge in [0.15, 0.2) is 18.9 Å². The van der Waals surface area contributed by atoms with Gasteiger partial charge in [-0.25, -0.2) is 0 Å². The first-order chi connectivity index (χ1) is 45.8. The summed E-state index contributed by atoms with van der Waals surface area (Å²) in [5.74, 6) is -0.267. The molecule has 0 spiro atoms. The minimum Gasteiger partial charge on any atom is -0.394 e. The fourth-order valence-corrected chi connectivity index (χ4v) is 13.5. The fourth-order valence-electron chi connectivity index (χ4n) is 13.5. The van der Waals surface area contributed by atoms with Crippen LogP contribution in [0.3, 0.4) is 0 Å². The molecular formula is C75H143NO18. The molecule has 3 saturated heterocycles. The van der Waals surface area contributed by atoms with Gasteiger partial charge in [0.2, 0.25) is 5.91 Å². The zero-order valence-corrected chi connectivity index (χ0v) is 59.2. The number of aliphatic hydroxyl groups is 11. The molecule has 556 valence electrons. The number of carbonyl (C=O) groups is 1. The minimum absolute atomic E-state index is 0.250. The highest BCUT2D eigenvalue weighted by atomic mass is 16.8. The van der Waals surface area contributed by atoms with Crippen LogP contribution in [-0.4, -0.2) is 193 Å². The summed E-state index contributed by atoms with van der Waals surface area (Å²) in [6, 6.07) is -0.969. The standard InChI is InChI=1S/C75H143NO18/c1-3-5-7-9-11-13-15-17-19-21-23-25-26-27-28-29-30-31-32-33-35-37-39-41-43-45-47-49-51-53-63(81)76-58(59(80)52-50-48-46-44-42-40-38-36-34-24-22-20-18-16-14-12-10-8-6-4-2)57-89-73-69(87)66(84)71(61(55-78)91-73)94-75-70(88)67(85)72(62(56-79)92-75)93-74-68(86)65(83)64(82)60(54-77)90-74/h50,52,58-62,64-75,77-80,82-88H,3-49,51,53-57H2,1-2H3,(H,76,81)/b52-50+. The molecular weight excluding hydrogens is 1200 g/mol. The Kier molecular flexibility index (Phi) is 52.8. The van der Waals surface area contributed by atoms with Crippen LogP contribution in [0.2, 0.25) is 0 Å². The number of ether oxygens (including phenoxy) is 6. The lowest BCUT2D eigenvalue weighted by atomic mass is 9.96. The first-order valence-electron chi connectivity index (χ1n) is 38.9. The molecule has 0 bridgehead atoms. The Morgan fingerprint density at radius 2 is 0.660 bits per heavy atom. The van der Waals surface area contributed by atoms with Crippen LogP contribution in [0.15, 0.2) is 12.2 Å². The molecule has 1 amide bonds. The third-order valence-electron chi connectivity index (χ3n) is 19.8. The van der Waals surface area contributed by atoms with Crippen molar-refractivity contribution in [2.45, 2.75) is 433 Å². The van der Waals surface area contributed by atoms with Gasteiger partial charge in [0, 0.05) is 6.42 Å². The van der Waals surface area contributed by atoms with E-state index in [0.717, 1.165) is 44.9 Å². The van der Waals surface area contributed by atoms with Crippen LogP contribution in [0.25, 0.3) is 0 Å². The number of aliphatic hydroxyl groups excluding tert-OH is 11. The van der Waals surface area contributed by atoms with E-state index in [4.69, 9.17) is 28.4 Å². The quantitative estimate of drug-likeness (QED) is 0.0199. The summed E-state index contributed by atoms with van der Waals surface area (Å²) in [6.45, 7) is 1.79. The molecule has 94 heavy (non-hydrogen) atoms. The second-order valence-corrected chi connectivity index (χ2v) is 28.2. The van der Waals surface area contributed by atoms with Crippen LogP contribution in [0.5, 0.6) is 0 Å². The number of rotatable bonds is 62. The van der Waals surface area contributed by atoms with Crippen molar-refractivity contribution in [1.82, 2.24) is 5.32 Å². The van der Waals surface area contributed by atoms with Crippen LogP contribution in [0.4, 0.5) is 0 Å². The molecule has 19 nitrogen and oxygen atoms in total. The first-order valence-corrected chi connectivity index (χ1v) is 38.9. The maximum absolute atomic E-state index is 13.5. The smallest absolute Gasteiger partial charge is 0.220 e. The largest absolute Gasteiger partial charge is 0.394 e. The van der Waals surface area contributed by atoms with E-state index in [0.29, 0.717) is 6.42 Å². The molecule has 3 aliphatic rings. The van der Waals surface area contributed by atoms with Gasteiger partial charge in [-0.1, -0.05) is 315 Å². The number of carbonyl (C=O) groups excluding carboxylic acids is 1. The van der Waals surface area contributed by atoms with E-state index < -0.39 is 124 Å². The molecule has 0 radical (unpaired) electrons. The van der Waals surface area contributed by atoms with Crippen LogP contribution >= 0.6 is 0 Å². The molecule has 0 aromatic heterocycles. The van der Waals surface area contributed by atoms with Crippen molar-refractivity contribution in [3.8, 4) is 0 Å². The second-order valence-electron chi connectivity index (χ2n) is 28.2. The Bertz CT molecular complexity index is 1750. The van der Waals surface area contributed by atoms with Crippen LogP contribution < -0.4 is 5.32 Å². The van der Waals surface area contributed by atoms with Crippen molar-refractivity contribution in [3.05, 3.63) is 12.2 Å². The molecule has 17 atom stereocenters. The van der Waals surface area contributed by atoms with Crippen molar-refractivity contribution >= 4 is 5.91 Å². The lowest BCUT2D eigenvalue weighted by Gasteiger charge is -2.48. The SMILES string of the molecule is CCCCCCCCCCCCCCCCCCCC/C=C/C(O)C(COC1OC(CO)C(OC2OC(CO)C(OC3OC(CO)C(O)C(O)C3O)C(O)C2O)C(O)C1O)NC(=O)CCCCCCCCCCCCCCCCCCCCCCCCCCCCCCC. The van der Waals surface area contributed by atoms with Gasteiger partial charge in [0.1, 0.15) is 73.2 Å². The summed E-state index contributed by atoms with van der Waals surface area (Å²) in [4.78, 5) is 13.5. The van der Waals surface area contributed by atoms with E-state index in [1.165, 1.54) is 257 Å². The van der Waals surface area contributed by atoms with Gasteiger partial charge < -0.3 is 89.9 Å². The maximum Gasteiger partial charge on any atom is 0.220 e. The molecule has 0 aliphatic carbocycles. The molecule has 0 aromatic rings. The number of nitrogens with one attached hydrogen (secondary N) is 1. The molecule has 3 fully saturated rings. The number of hydrogen-bond acceptors (Lipinski definition) is 18. The molecule has 0 saturated carbocycles. The summed E-state index contributed by atoms with van der Waals surface area (Å²) >= 11 is 0. The Balaban J connectivity index is 1.38. The predicted octanol–water partition coefficient (Wildman–Crippen LogP) is 12.0. The van der Waals surface area contributed by atoms with Crippen LogP contribution in [0.1, 0.15) is 328 Å². The molecule has 19 heteroatoms. The average Bonchev–Trinajstić information content (AvgIpc) is 0.787. The topological polar surface area (TPSA) is 307 Å². The molecule has 3 heterocycles. The highest BCUT2D eigenvalue weighted by Gasteiger charge is 2.53. The number of hydrogen-bond donors (Lipinski definition) is 12. The van der Waals surface area contributed by atoms with E-state index in [2.05, 4.69) is 19.2 Å². The molecule has 12 N–H and O–H groups in total. The van der Waals surface area contributed by atoms with Crippen molar-refractivity contribution in [2.75, 3.05) is 26.4 Å². The summed E-state index contributed by atoms with van der Waals surface area (Å²) in [7, 11) is 0. The van der Waals surface area contributed by atoms with E-state index in [1.807, 2.05) is 6.08 Å². The Hall–Kier alpha value is -1.47. The lowest BCUT2D eigenvalue weighted by Crippen LogP contribution is -2.66. The van der Waals surface area contributed by atoms with Crippen molar-refractivity contribution < 1.29 is 89.4 Å². The zero-order chi connectivity index (χ0) is 68.2. The summed E-state index contributed by atoms with van der Waals surface area (Å²) in [5, 5.41) is 121. The van der Waals surface area contributed by atoms with Gasteiger partial charge >= 0.3 is 0 Å². The van der Waals surface area contributed by atoms with E-state index >= 15 is 0 Å². The van der Waals surface area contributed by atoms with Crippen LogP contribution in [-0.2, 0) is 33.2 Å². The Labute approximate surface area is 569 Å². The van der Waals surface area contributed by atoms with E-state index in [9.17, 15) is 61.0 Å². The summed E-state index contributed by atoms with van der Waals surface area (Å²) < 4.78 is 34.4. The fraction of sp³-hybridized carbons (Fsp3) is 0.960. The Morgan fingerprint density at radius 3 is 1.00 bits per heavy atom. The van der Waals surface area contributed by atoms with E-state index in [1.54, 1.807) is 6.08 Å². The van der Waals surface area contributed by atoms with Gasteiger partial charge in [-0.2, -0.15) is 0 Å². The van der Waals surface area contributed by atoms with Gasteiger partial charge in [-0.3, -0.25) is 4.79 Å². The van der Waals surface area contributed by atoms with E-state index in [-0.39, 0.29) is 18.9 Å². The number of unbranched alkanes of at least 4 members (excludes halogenated alkanes) is 46. The molecule has 0 aromatic carbocycles. The average molecular weight is 1350 g/mol. The zero-order valence-electron chi connectivity index (χ0n) is 59.2. The maximum atomic E-state index is 13.5. The highest BCUT2D eigenvalue weighted by Crippen LogP contribution is 2.33.